The van der Waals surface area contributed by atoms with Gasteiger partial charge in [0.1, 0.15) is 0 Å². The Morgan fingerprint density at radius 3 is 2.00 bits per heavy atom. The molecule has 1 rings (SSSR count). The topological polar surface area (TPSA) is 55.4 Å². The van der Waals surface area contributed by atoms with Crippen molar-refractivity contribution >= 4 is 11.9 Å². The molecule has 0 heterocycles. The van der Waals surface area contributed by atoms with Crippen LogP contribution in [0.15, 0.2) is 24.3 Å². The summed E-state index contributed by atoms with van der Waals surface area (Å²) in [4.78, 5) is 23.6. The highest BCUT2D eigenvalue weighted by Crippen LogP contribution is 2.10. The maximum Gasteiger partial charge on any atom is 0.307 e. The van der Waals surface area contributed by atoms with Crippen LogP contribution in [0.4, 0.5) is 0 Å². The Bertz CT molecular complexity index is 525. The molecule has 0 atom stereocenters. The third kappa shape index (κ3) is 12.2. The summed E-state index contributed by atoms with van der Waals surface area (Å²) in [5, 5.41) is 2.75. The highest BCUT2D eigenvalue weighted by atomic mass is 16.5. The van der Waals surface area contributed by atoms with Gasteiger partial charge in [0.15, 0.2) is 0 Å². The number of ether oxygens (including phenoxy) is 1. The van der Waals surface area contributed by atoms with Gasteiger partial charge in [0, 0.05) is 12.1 Å². The molecule has 0 unspecified atom stereocenters. The van der Waals surface area contributed by atoms with Crippen molar-refractivity contribution < 1.29 is 14.3 Å². The van der Waals surface area contributed by atoms with Gasteiger partial charge in [-0.15, -0.1) is 0 Å². The highest BCUT2D eigenvalue weighted by molar-refractivity contribution is 5.94. The van der Waals surface area contributed by atoms with Crippen LogP contribution in [-0.4, -0.2) is 25.0 Å². The minimum atomic E-state index is -0.241. The van der Waals surface area contributed by atoms with Crippen molar-refractivity contribution in [2.24, 2.45) is 0 Å². The first-order chi connectivity index (χ1) is 13.1. The van der Waals surface area contributed by atoms with E-state index >= 15 is 0 Å². The van der Waals surface area contributed by atoms with E-state index in [1.165, 1.54) is 51.4 Å². The van der Waals surface area contributed by atoms with Gasteiger partial charge in [-0.2, -0.15) is 0 Å². The second kappa shape index (κ2) is 15.2. The van der Waals surface area contributed by atoms with Crippen LogP contribution in [0.2, 0.25) is 0 Å². The third-order valence-corrected chi connectivity index (χ3v) is 4.69. The number of esters is 1. The van der Waals surface area contributed by atoms with Crippen molar-refractivity contribution in [1.82, 2.24) is 5.32 Å². The van der Waals surface area contributed by atoms with Gasteiger partial charge in [-0.3, -0.25) is 9.59 Å². The average Bonchev–Trinajstić information content (AvgIpc) is 2.66. The molecule has 27 heavy (non-hydrogen) atoms. The SMILES string of the molecule is CCCCCCCCCCCCOC(=O)CCNC(=O)c1ccc(C)cc1. The van der Waals surface area contributed by atoms with Crippen molar-refractivity contribution in [1.29, 1.82) is 0 Å². The number of amides is 1. The lowest BCUT2D eigenvalue weighted by atomic mass is 10.1. The fraction of sp³-hybridized carbons (Fsp3) is 0.652. The number of aryl methyl sites for hydroxylation is 1. The molecule has 0 fully saturated rings. The molecule has 152 valence electrons. The quantitative estimate of drug-likeness (QED) is 0.322. The molecule has 0 spiro atoms. The lowest BCUT2D eigenvalue weighted by molar-refractivity contribution is -0.143. The Kier molecular flexibility index (Phi) is 13.1. The van der Waals surface area contributed by atoms with Gasteiger partial charge in [-0.1, -0.05) is 82.4 Å². The average molecular weight is 376 g/mol. The lowest BCUT2D eigenvalue weighted by Gasteiger charge is -2.07. The van der Waals surface area contributed by atoms with Crippen LogP contribution in [0.3, 0.4) is 0 Å². The highest BCUT2D eigenvalue weighted by Gasteiger charge is 2.07. The first-order valence-corrected chi connectivity index (χ1v) is 10.6. The molecule has 0 saturated heterocycles. The van der Waals surface area contributed by atoms with Crippen molar-refractivity contribution in [3.05, 3.63) is 35.4 Å². The standard InChI is InChI=1S/C23H37NO3/c1-3-4-5-6-7-8-9-10-11-12-19-27-22(25)17-18-24-23(26)21-15-13-20(2)14-16-21/h13-16H,3-12,17-19H2,1-2H3,(H,24,26). The van der Waals surface area contributed by atoms with Crippen LogP contribution >= 0.6 is 0 Å². The van der Waals surface area contributed by atoms with Crippen LogP contribution < -0.4 is 5.32 Å². The van der Waals surface area contributed by atoms with Crippen LogP contribution in [0.1, 0.15) is 93.5 Å². The molecule has 1 amide bonds. The molecule has 1 N–H and O–H groups in total. The van der Waals surface area contributed by atoms with E-state index in [-0.39, 0.29) is 18.3 Å². The fourth-order valence-corrected chi connectivity index (χ4v) is 2.93. The van der Waals surface area contributed by atoms with Gasteiger partial charge in [-0.25, -0.2) is 0 Å². The number of unbranched alkanes of at least 4 members (excludes halogenated alkanes) is 9. The Hall–Kier alpha value is -1.84. The predicted octanol–water partition coefficient (Wildman–Crippen LogP) is 5.58. The molecular weight excluding hydrogens is 338 g/mol. The molecule has 0 saturated carbocycles. The van der Waals surface area contributed by atoms with Crippen molar-refractivity contribution in [2.75, 3.05) is 13.2 Å². The zero-order valence-corrected chi connectivity index (χ0v) is 17.2. The molecule has 0 aliphatic carbocycles. The zero-order valence-electron chi connectivity index (χ0n) is 17.2. The minimum absolute atomic E-state index is 0.155. The molecule has 0 aromatic heterocycles. The summed E-state index contributed by atoms with van der Waals surface area (Å²) in [6, 6.07) is 7.37. The maximum absolute atomic E-state index is 11.9. The number of benzene rings is 1. The monoisotopic (exact) mass is 375 g/mol. The van der Waals surface area contributed by atoms with Gasteiger partial charge in [0.2, 0.25) is 0 Å². The van der Waals surface area contributed by atoms with E-state index in [0.717, 1.165) is 18.4 Å². The smallest absolute Gasteiger partial charge is 0.307 e. The summed E-state index contributed by atoms with van der Waals surface area (Å²) in [6.07, 6.45) is 12.8. The molecule has 1 aromatic rings. The summed E-state index contributed by atoms with van der Waals surface area (Å²) in [5.41, 5.74) is 1.72. The second-order valence-corrected chi connectivity index (χ2v) is 7.27. The van der Waals surface area contributed by atoms with Gasteiger partial charge in [-0.05, 0) is 25.5 Å². The predicted molar refractivity (Wildman–Crippen MR) is 111 cm³/mol. The number of carbonyl (C=O) groups excluding carboxylic acids is 2. The Morgan fingerprint density at radius 2 is 1.41 bits per heavy atom. The van der Waals surface area contributed by atoms with Crippen molar-refractivity contribution in [2.45, 2.75) is 84.5 Å². The van der Waals surface area contributed by atoms with Gasteiger partial charge in [0.05, 0.1) is 13.0 Å². The molecule has 1 aromatic carbocycles. The number of rotatable bonds is 15. The lowest BCUT2D eigenvalue weighted by Crippen LogP contribution is -2.26. The first kappa shape index (κ1) is 23.2. The summed E-state index contributed by atoms with van der Waals surface area (Å²) in [5.74, 6) is -0.396. The molecule has 4 nitrogen and oxygen atoms in total. The molecule has 0 bridgehead atoms. The Morgan fingerprint density at radius 1 is 0.852 bits per heavy atom. The van der Waals surface area contributed by atoms with E-state index in [1.807, 2.05) is 19.1 Å². The van der Waals surface area contributed by atoms with Crippen molar-refractivity contribution in [3.8, 4) is 0 Å². The zero-order chi connectivity index (χ0) is 19.7. The minimum Gasteiger partial charge on any atom is -0.466 e. The number of hydrogen-bond acceptors (Lipinski definition) is 3. The van der Waals surface area contributed by atoms with E-state index < -0.39 is 0 Å². The van der Waals surface area contributed by atoms with Crippen LogP contribution in [-0.2, 0) is 9.53 Å². The fourth-order valence-electron chi connectivity index (χ4n) is 2.93. The molecule has 0 radical (unpaired) electrons. The number of nitrogens with one attached hydrogen (secondary N) is 1. The Balaban J connectivity index is 1.92. The summed E-state index contributed by atoms with van der Waals surface area (Å²) in [7, 11) is 0. The second-order valence-electron chi connectivity index (χ2n) is 7.27. The van der Waals surface area contributed by atoms with Crippen LogP contribution in [0.5, 0.6) is 0 Å². The maximum atomic E-state index is 11.9. The van der Waals surface area contributed by atoms with E-state index in [4.69, 9.17) is 4.74 Å². The first-order valence-electron chi connectivity index (χ1n) is 10.6. The van der Waals surface area contributed by atoms with Crippen LogP contribution in [0.25, 0.3) is 0 Å². The van der Waals surface area contributed by atoms with E-state index in [0.29, 0.717) is 18.7 Å². The normalized spacial score (nSPS) is 10.6. The van der Waals surface area contributed by atoms with E-state index in [1.54, 1.807) is 12.1 Å². The van der Waals surface area contributed by atoms with Gasteiger partial charge < -0.3 is 10.1 Å². The van der Waals surface area contributed by atoms with Gasteiger partial charge in [0.25, 0.3) is 5.91 Å². The van der Waals surface area contributed by atoms with E-state index in [9.17, 15) is 9.59 Å². The summed E-state index contributed by atoms with van der Waals surface area (Å²) < 4.78 is 5.23. The Labute approximate surface area is 165 Å². The van der Waals surface area contributed by atoms with Crippen molar-refractivity contribution in [3.63, 3.8) is 0 Å². The molecule has 0 aliphatic heterocycles. The molecule has 0 aliphatic rings. The summed E-state index contributed by atoms with van der Waals surface area (Å²) in [6.45, 7) is 5.02. The summed E-state index contributed by atoms with van der Waals surface area (Å²) >= 11 is 0. The van der Waals surface area contributed by atoms with E-state index in [2.05, 4.69) is 12.2 Å². The molecule has 4 heteroatoms. The third-order valence-electron chi connectivity index (χ3n) is 4.69. The largest absolute Gasteiger partial charge is 0.466 e. The number of hydrogen-bond donors (Lipinski definition) is 1. The van der Waals surface area contributed by atoms with Crippen LogP contribution in [0, 0.1) is 6.92 Å². The number of carbonyl (C=O) groups is 2. The molecular formula is C23H37NO3. The van der Waals surface area contributed by atoms with Gasteiger partial charge >= 0.3 is 5.97 Å².